The summed E-state index contributed by atoms with van der Waals surface area (Å²) in [5, 5.41) is 12.1. The van der Waals surface area contributed by atoms with Gasteiger partial charge in [0.25, 0.3) is 0 Å². The minimum Gasteiger partial charge on any atom is -0.455 e. The Morgan fingerprint density at radius 2 is 1.92 bits per heavy atom. The van der Waals surface area contributed by atoms with Crippen LogP contribution in [0.4, 0.5) is 0 Å². The Morgan fingerprint density at radius 1 is 1.12 bits per heavy atom. The highest BCUT2D eigenvalue weighted by atomic mass is 16.3. The molecule has 0 aliphatic rings. The van der Waals surface area contributed by atoms with E-state index in [2.05, 4.69) is 39.0 Å². The number of pyridine rings is 1. The number of hydrogen-bond acceptors (Lipinski definition) is 2. The summed E-state index contributed by atoms with van der Waals surface area (Å²) in [6, 6.07) is 16.7. The second-order valence-electron chi connectivity index (χ2n) is 7.11. The molecule has 3 nitrogen and oxygen atoms in total. The molecule has 0 amide bonds. The van der Waals surface area contributed by atoms with E-state index in [4.69, 9.17) is 4.42 Å². The first-order valence-corrected chi connectivity index (χ1v) is 8.86. The molecule has 4 aromatic rings. The number of aromatic nitrogens is 1. The van der Waals surface area contributed by atoms with Gasteiger partial charge in [0.05, 0.1) is 5.56 Å². The fourth-order valence-electron chi connectivity index (χ4n) is 3.82. The number of benzene rings is 2. The van der Waals surface area contributed by atoms with E-state index in [1.165, 1.54) is 5.56 Å². The number of hydrogen-bond donors (Lipinski definition) is 0. The van der Waals surface area contributed by atoms with Crippen molar-refractivity contribution in [3.63, 3.8) is 0 Å². The molecular weight excluding hydrogens is 320 g/mol. The quantitative estimate of drug-likeness (QED) is 0.459. The molecule has 3 heteroatoms. The van der Waals surface area contributed by atoms with Crippen LogP contribution in [0, 0.1) is 18.3 Å². The predicted molar refractivity (Wildman–Crippen MR) is 104 cm³/mol. The number of aryl methyl sites for hydroxylation is 2. The number of furan rings is 1. The number of nitrogens with zero attached hydrogens (tertiary/aromatic N) is 2. The van der Waals surface area contributed by atoms with Gasteiger partial charge in [-0.15, -0.1) is 0 Å². The van der Waals surface area contributed by atoms with Crippen molar-refractivity contribution in [3.8, 4) is 17.3 Å². The molecule has 0 N–H and O–H groups in total. The third kappa shape index (κ3) is 2.30. The molecule has 2 aromatic carbocycles. The van der Waals surface area contributed by atoms with Crippen LogP contribution in [0.5, 0.6) is 0 Å². The fraction of sp³-hybridized carbons (Fsp3) is 0.217. The van der Waals surface area contributed by atoms with Gasteiger partial charge in [0.2, 0.25) is 5.69 Å². The highest BCUT2D eigenvalue weighted by Gasteiger charge is 2.23. The molecule has 0 atom stereocenters. The van der Waals surface area contributed by atoms with Gasteiger partial charge in [-0.25, -0.2) is 4.57 Å². The van der Waals surface area contributed by atoms with Crippen LogP contribution in [0.2, 0.25) is 0 Å². The number of fused-ring (bicyclic) bond motifs is 3. The van der Waals surface area contributed by atoms with Crippen LogP contribution in [0.15, 0.2) is 53.1 Å². The minimum atomic E-state index is 0.386. The van der Waals surface area contributed by atoms with Crippen molar-refractivity contribution >= 4 is 21.9 Å². The second kappa shape index (κ2) is 6.00. The topological polar surface area (TPSA) is 40.8 Å². The van der Waals surface area contributed by atoms with Gasteiger partial charge in [-0.1, -0.05) is 26.0 Å². The molecule has 0 spiro atoms. The Balaban J connectivity index is 2.18. The van der Waals surface area contributed by atoms with Gasteiger partial charge in [-0.3, -0.25) is 0 Å². The Kier molecular flexibility index (Phi) is 3.77. The van der Waals surface area contributed by atoms with E-state index >= 15 is 0 Å². The normalized spacial score (nSPS) is 11.4. The van der Waals surface area contributed by atoms with Crippen LogP contribution < -0.4 is 4.57 Å². The highest BCUT2D eigenvalue weighted by Crippen LogP contribution is 2.40. The second-order valence-corrected chi connectivity index (χ2v) is 7.11. The van der Waals surface area contributed by atoms with Crippen molar-refractivity contribution in [3.05, 3.63) is 65.4 Å². The van der Waals surface area contributed by atoms with E-state index < -0.39 is 0 Å². The first kappa shape index (κ1) is 16.4. The molecule has 0 bridgehead atoms. The minimum absolute atomic E-state index is 0.386. The lowest BCUT2D eigenvalue weighted by atomic mass is 9.92. The largest absolute Gasteiger partial charge is 0.455 e. The molecule has 26 heavy (non-hydrogen) atoms. The van der Waals surface area contributed by atoms with Gasteiger partial charge in [0.1, 0.15) is 24.3 Å². The summed E-state index contributed by atoms with van der Waals surface area (Å²) in [6.07, 6.45) is 2.00. The van der Waals surface area contributed by atoms with E-state index in [9.17, 15) is 5.26 Å². The van der Waals surface area contributed by atoms with Crippen molar-refractivity contribution in [1.29, 1.82) is 5.26 Å². The molecule has 0 radical (unpaired) electrons. The van der Waals surface area contributed by atoms with Crippen LogP contribution in [-0.4, -0.2) is 0 Å². The number of nitriles is 1. The maximum Gasteiger partial charge on any atom is 0.214 e. The molecule has 0 aliphatic heterocycles. The van der Waals surface area contributed by atoms with Gasteiger partial charge in [-0.2, -0.15) is 5.26 Å². The molecule has 0 saturated heterocycles. The lowest BCUT2D eigenvalue weighted by Crippen LogP contribution is -2.30. The van der Waals surface area contributed by atoms with E-state index in [0.29, 0.717) is 17.1 Å². The Labute approximate surface area is 153 Å². The van der Waals surface area contributed by atoms with Crippen LogP contribution in [0.25, 0.3) is 33.2 Å². The molecule has 0 unspecified atom stereocenters. The lowest BCUT2D eigenvalue weighted by Gasteiger charge is -2.09. The first-order valence-electron chi connectivity index (χ1n) is 8.86. The average Bonchev–Trinajstić information content (AvgIpc) is 2.99. The highest BCUT2D eigenvalue weighted by molar-refractivity contribution is 6.10. The maximum atomic E-state index is 9.98. The van der Waals surface area contributed by atoms with Crippen molar-refractivity contribution in [2.45, 2.75) is 26.7 Å². The Bertz CT molecular complexity index is 1190. The third-order valence-corrected chi connectivity index (χ3v) is 5.06. The van der Waals surface area contributed by atoms with Crippen molar-refractivity contribution in [2.24, 2.45) is 7.05 Å². The summed E-state index contributed by atoms with van der Waals surface area (Å²) < 4.78 is 8.23. The zero-order chi connectivity index (χ0) is 18.4. The van der Waals surface area contributed by atoms with E-state index in [1.54, 1.807) is 0 Å². The first-order chi connectivity index (χ1) is 12.5. The van der Waals surface area contributed by atoms with Crippen LogP contribution in [-0.2, 0) is 7.05 Å². The fourth-order valence-corrected chi connectivity index (χ4v) is 3.82. The third-order valence-electron chi connectivity index (χ3n) is 5.06. The molecule has 4 rings (SSSR count). The van der Waals surface area contributed by atoms with Crippen LogP contribution in [0.1, 0.15) is 36.5 Å². The summed E-state index contributed by atoms with van der Waals surface area (Å²) in [7, 11) is 2.00. The van der Waals surface area contributed by atoms with Crippen LogP contribution in [0.3, 0.4) is 0 Å². The summed E-state index contributed by atoms with van der Waals surface area (Å²) in [5.74, 6) is 0.386. The zero-order valence-corrected chi connectivity index (χ0v) is 15.5. The van der Waals surface area contributed by atoms with Crippen LogP contribution >= 0.6 is 0 Å². The molecule has 0 fully saturated rings. The van der Waals surface area contributed by atoms with Crippen molar-refractivity contribution in [1.82, 2.24) is 0 Å². The lowest BCUT2D eigenvalue weighted by molar-refractivity contribution is -0.660. The molecule has 128 valence electrons. The zero-order valence-electron chi connectivity index (χ0n) is 15.5. The monoisotopic (exact) mass is 341 g/mol. The number of rotatable bonds is 2. The van der Waals surface area contributed by atoms with E-state index in [0.717, 1.165) is 33.2 Å². The molecule has 2 heterocycles. The molecular formula is C23H21N2O+. The summed E-state index contributed by atoms with van der Waals surface area (Å²) in [5.41, 5.74) is 6.41. The molecule has 0 aliphatic carbocycles. The van der Waals surface area contributed by atoms with Gasteiger partial charge in [0, 0.05) is 22.9 Å². The average molecular weight is 341 g/mol. The van der Waals surface area contributed by atoms with Gasteiger partial charge < -0.3 is 4.42 Å². The summed E-state index contributed by atoms with van der Waals surface area (Å²) in [6.45, 7) is 6.44. The van der Waals surface area contributed by atoms with E-state index in [-0.39, 0.29) is 0 Å². The molecule has 0 saturated carbocycles. The Hall–Kier alpha value is -3.12. The van der Waals surface area contributed by atoms with Gasteiger partial charge in [0.15, 0.2) is 11.8 Å². The predicted octanol–water partition coefficient (Wildman–Crippen LogP) is 5.38. The van der Waals surface area contributed by atoms with Crippen molar-refractivity contribution in [2.75, 3.05) is 0 Å². The van der Waals surface area contributed by atoms with Gasteiger partial charge >= 0.3 is 0 Å². The van der Waals surface area contributed by atoms with E-state index in [1.807, 2.05) is 48.1 Å². The molecule has 2 aromatic heterocycles. The SMILES string of the molecule is Cc1cc2c(oc3cccc(C(C)C)c32)c(C#N)c1-c1cccc[n+]1C. The summed E-state index contributed by atoms with van der Waals surface area (Å²) in [4.78, 5) is 0. The smallest absolute Gasteiger partial charge is 0.214 e. The van der Waals surface area contributed by atoms with Crippen molar-refractivity contribution < 1.29 is 8.98 Å². The summed E-state index contributed by atoms with van der Waals surface area (Å²) >= 11 is 0. The van der Waals surface area contributed by atoms with Gasteiger partial charge in [-0.05, 0) is 42.2 Å². The Morgan fingerprint density at radius 3 is 2.62 bits per heavy atom. The maximum absolute atomic E-state index is 9.98. The standard InChI is InChI=1S/C23H21N2O/c1-14(2)16-8-7-10-20-22(16)17-12-15(3)21(18(13-24)23(17)26-20)19-9-5-6-11-25(19)4/h5-12,14H,1-4H3/q+1.